The molecule has 114 valence electrons. The third-order valence-electron chi connectivity index (χ3n) is 3.33. The quantitative estimate of drug-likeness (QED) is 0.685. The molecule has 0 atom stereocenters. The summed E-state index contributed by atoms with van der Waals surface area (Å²) in [6.45, 7) is 10.8. The number of ether oxygens (including phenoxy) is 1. The van der Waals surface area contributed by atoms with Crippen LogP contribution in [0.15, 0.2) is 29.2 Å². The molecular formula is C17H29NOS. The predicted molar refractivity (Wildman–Crippen MR) is 89.4 cm³/mol. The maximum Gasteiger partial charge on any atom is 0.0630 e. The first-order chi connectivity index (χ1) is 9.43. The Labute approximate surface area is 128 Å². The van der Waals surface area contributed by atoms with Crippen LogP contribution in [0.25, 0.3) is 0 Å². The van der Waals surface area contributed by atoms with Crippen LogP contribution in [-0.4, -0.2) is 25.0 Å². The van der Waals surface area contributed by atoms with Crippen molar-refractivity contribution in [3.05, 3.63) is 29.8 Å². The van der Waals surface area contributed by atoms with E-state index in [0.29, 0.717) is 5.92 Å². The lowest BCUT2D eigenvalue weighted by Crippen LogP contribution is -2.22. The molecule has 0 unspecified atom stereocenters. The number of methoxy groups -OCH3 is 1. The van der Waals surface area contributed by atoms with Crippen molar-refractivity contribution in [2.45, 2.75) is 51.2 Å². The predicted octanol–water partition coefficient (Wildman–Crippen LogP) is 4.34. The van der Waals surface area contributed by atoms with Crippen LogP contribution in [0.3, 0.4) is 0 Å². The Morgan fingerprint density at radius 1 is 1.20 bits per heavy atom. The summed E-state index contributed by atoms with van der Waals surface area (Å²) < 4.78 is 5.44. The minimum atomic E-state index is -0.0201. The van der Waals surface area contributed by atoms with E-state index in [0.717, 1.165) is 25.3 Å². The Bertz CT molecular complexity index is 373. The monoisotopic (exact) mass is 295 g/mol. The Kier molecular flexibility index (Phi) is 7.63. The molecule has 1 aromatic rings. The lowest BCUT2D eigenvalue weighted by Gasteiger charge is -2.22. The van der Waals surface area contributed by atoms with Gasteiger partial charge in [-0.25, -0.2) is 0 Å². The average molecular weight is 295 g/mol. The second kappa shape index (κ2) is 8.71. The minimum absolute atomic E-state index is 0.0201. The summed E-state index contributed by atoms with van der Waals surface area (Å²) in [6, 6.07) is 8.88. The second-order valence-electron chi connectivity index (χ2n) is 6.23. The van der Waals surface area contributed by atoms with Crippen molar-refractivity contribution in [3.8, 4) is 0 Å². The van der Waals surface area contributed by atoms with Gasteiger partial charge in [0.25, 0.3) is 0 Å². The number of rotatable bonds is 9. The maximum absolute atomic E-state index is 5.44. The molecule has 1 aromatic carbocycles. The molecule has 0 saturated carbocycles. The van der Waals surface area contributed by atoms with Crippen molar-refractivity contribution in [1.82, 2.24) is 5.32 Å². The number of thioether (sulfide) groups is 1. The first kappa shape index (κ1) is 17.5. The van der Waals surface area contributed by atoms with E-state index in [1.54, 1.807) is 7.11 Å². The fourth-order valence-corrected chi connectivity index (χ4v) is 2.88. The molecule has 3 heteroatoms. The summed E-state index contributed by atoms with van der Waals surface area (Å²) in [5.41, 5.74) is 1.33. The molecule has 2 nitrogen and oxygen atoms in total. The highest BCUT2D eigenvalue weighted by atomic mass is 32.2. The van der Waals surface area contributed by atoms with Gasteiger partial charge in [-0.1, -0.05) is 26.0 Å². The second-order valence-corrected chi connectivity index (χ2v) is 7.40. The molecule has 0 fully saturated rings. The number of benzene rings is 1. The van der Waals surface area contributed by atoms with Gasteiger partial charge in [0.2, 0.25) is 0 Å². The molecule has 0 bridgehead atoms. The average Bonchev–Trinajstić information content (AvgIpc) is 2.40. The minimum Gasteiger partial charge on any atom is -0.379 e. The Balaban J connectivity index is 2.31. The van der Waals surface area contributed by atoms with E-state index in [4.69, 9.17) is 4.74 Å². The van der Waals surface area contributed by atoms with E-state index in [9.17, 15) is 0 Å². The van der Waals surface area contributed by atoms with E-state index in [-0.39, 0.29) is 5.60 Å². The third-order valence-corrected chi connectivity index (χ3v) is 4.34. The van der Waals surface area contributed by atoms with Crippen LogP contribution < -0.4 is 5.32 Å². The molecule has 0 spiro atoms. The van der Waals surface area contributed by atoms with Gasteiger partial charge in [0.1, 0.15) is 0 Å². The van der Waals surface area contributed by atoms with Crippen molar-refractivity contribution in [2.75, 3.05) is 19.4 Å². The van der Waals surface area contributed by atoms with Crippen LogP contribution in [0.4, 0.5) is 0 Å². The zero-order chi connectivity index (χ0) is 15.0. The summed E-state index contributed by atoms with van der Waals surface area (Å²) in [7, 11) is 1.78. The van der Waals surface area contributed by atoms with E-state index < -0.39 is 0 Å². The lowest BCUT2D eigenvalue weighted by atomic mass is 10.1. The topological polar surface area (TPSA) is 21.3 Å². The van der Waals surface area contributed by atoms with Gasteiger partial charge in [0, 0.05) is 24.3 Å². The van der Waals surface area contributed by atoms with Crippen LogP contribution >= 0.6 is 11.8 Å². The zero-order valence-corrected chi connectivity index (χ0v) is 14.3. The Morgan fingerprint density at radius 2 is 1.85 bits per heavy atom. The molecule has 1 N–H and O–H groups in total. The van der Waals surface area contributed by atoms with E-state index in [1.165, 1.54) is 10.5 Å². The molecule has 0 radical (unpaired) electrons. The summed E-state index contributed by atoms with van der Waals surface area (Å²) in [6.07, 6.45) is 1.06. The van der Waals surface area contributed by atoms with Crippen molar-refractivity contribution in [2.24, 2.45) is 5.92 Å². The molecule has 0 amide bonds. The fourth-order valence-electron chi connectivity index (χ4n) is 1.73. The smallest absolute Gasteiger partial charge is 0.0630 e. The zero-order valence-electron chi connectivity index (χ0n) is 13.5. The molecule has 0 aliphatic carbocycles. The Hall–Kier alpha value is -0.510. The standard InChI is InChI=1S/C17H29NOS/c1-14(2)12-18-13-15-6-8-16(9-7-15)20-11-10-17(3,4)19-5/h6-9,14,18H,10-13H2,1-5H3. The molecular weight excluding hydrogens is 266 g/mol. The summed E-state index contributed by atoms with van der Waals surface area (Å²) >= 11 is 1.90. The molecule has 0 aliphatic heterocycles. The van der Waals surface area contributed by atoms with Gasteiger partial charge >= 0.3 is 0 Å². The molecule has 0 aromatic heterocycles. The highest BCUT2D eigenvalue weighted by molar-refractivity contribution is 7.99. The van der Waals surface area contributed by atoms with Crippen LogP contribution in [0.2, 0.25) is 0 Å². The van der Waals surface area contributed by atoms with Crippen LogP contribution in [0, 0.1) is 5.92 Å². The van der Waals surface area contributed by atoms with Crippen molar-refractivity contribution >= 4 is 11.8 Å². The van der Waals surface area contributed by atoms with Gasteiger partial charge < -0.3 is 10.1 Å². The van der Waals surface area contributed by atoms with E-state index in [2.05, 4.69) is 57.3 Å². The number of hydrogen-bond acceptors (Lipinski definition) is 3. The lowest BCUT2D eigenvalue weighted by molar-refractivity contribution is 0.0207. The summed E-state index contributed by atoms with van der Waals surface area (Å²) in [5.74, 6) is 1.79. The van der Waals surface area contributed by atoms with Crippen molar-refractivity contribution in [1.29, 1.82) is 0 Å². The number of hydrogen-bond donors (Lipinski definition) is 1. The number of nitrogens with one attached hydrogen (secondary N) is 1. The van der Waals surface area contributed by atoms with Gasteiger partial charge in [0.05, 0.1) is 5.60 Å². The van der Waals surface area contributed by atoms with Crippen molar-refractivity contribution < 1.29 is 4.74 Å². The van der Waals surface area contributed by atoms with Crippen LogP contribution in [-0.2, 0) is 11.3 Å². The van der Waals surface area contributed by atoms with Gasteiger partial charge in [-0.2, -0.15) is 0 Å². The maximum atomic E-state index is 5.44. The largest absolute Gasteiger partial charge is 0.379 e. The fraction of sp³-hybridized carbons (Fsp3) is 0.647. The van der Waals surface area contributed by atoms with E-state index in [1.807, 2.05) is 11.8 Å². The van der Waals surface area contributed by atoms with Crippen molar-refractivity contribution in [3.63, 3.8) is 0 Å². The molecule has 0 heterocycles. The van der Waals surface area contributed by atoms with Crippen LogP contribution in [0.1, 0.15) is 39.7 Å². The summed E-state index contributed by atoms with van der Waals surface area (Å²) in [4.78, 5) is 1.34. The molecule has 0 saturated heterocycles. The molecule has 20 heavy (non-hydrogen) atoms. The summed E-state index contributed by atoms with van der Waals surface area (Å²) in [5, 5.41) is 3.47. The first-order valence-electron chi connectivity index (χ1n) is 7.40. The SMILES string of the molecule is COC(C)(C)CCSc1ccc(CNCC(C)C)cc1. The highest BCUT2D eigenvalue weighted by Crippen LogP contribution is 2.23. The van der Waals surface area contributed by atoms with Gasteiger partial charge in [-0.3, -0.25) is 0 Å². The van der Waals surface area contributed by atoms with Gasteiger partial charge in [-0.05, 0) is 50.4 Å². The molecule has 1 rings (SSSR count). The van der Waals surface area contributed by atoms with Gasteiger partial charge in [0.15, 0.2) is 0 Å². The van der Waals surface area contributed by atoms with Gasteiger partial charge in [-0.15, -0.1) is 11.8 Å². The Morgan fingerprint density at radius 3 is 2.40 bits per heavy atom. The third kappa shape index (κ3) is 7.32. The molecule has 0 aliphatic rings. The van der Waals surface area contributed by atoms with E-state index >= 15 is 0 Å². The van der Waals surface area contributed by atoms with Crippen LogP contribution in [0.5, 0.6) is 0 Å². The normalized spacial score (nSPS) is 12.1. The first-order valence-corrected chi connectivity index (χ1v) is 8.39. The highest BCUT2D eigenvalue weighted by Gasteiger charge is 2.15.